The maximum Gasteiger partial charge on any atom is 0.251 e. The molecule has 6 nitrogen and oxygen atoms in total. The van der Waals surface area contributed by atoms with Crippen LogP contribution in [0.15, 0.2) is 24.5 Å². The van der Waals surface area contributed by atoms with E-state index in [9.17, 15) is 4.79 Å². The first-order chi connectivity index (χ1) is 11.3. The van der Waals surface area contributed by atoms with Crippen LogP contribution in [0.2, 0.25) is 0 Å². The van der Waals surface area contributed by atoms with Gasteiger partial charge in [-0.05, 0) is 36.0 Å². The number of nitrogens with zero attached hydrogens (tertiary/aromatic N) is 3. The van der Waals surface area contributed by atoms with Gasteiger partial charge in [-0.3, -0.25) is 19.5 Å². The van der Waals surface area contributed by atoms with Gasteiger partial charge in [0.2, 0.25) is 0 Å². The first kappa shape index (κ1) is 15.1. The Morgan fingerprint density at radius 1 is 1.26 bits per heavy atom. The molecule has 3 aliphatic rings. The number of pyridine rings is 1. The molecule has 1 aromatic rings. The van der Waals surface area contributed by atoms with E-state index in [1.165, 1.54) is 5.56 Å². The van der Waals surface area contributed by atoms with Crippen molar-refractivity contribution in [3.63, 3.8) is 0 Å². The molecule has 0 saturated carbocycles. The monoisotopic (exact) mass is 317 g/mol. The van der Waals surface area contributed by atoms with Crippen molar-refractivity contribution in [1.82, 2.24) is 14.9 Å². The molecule has 23 heavy (non-hydrogen) atoms. The van der Waals surface area contributed by atoms with Gasteiger partial charge in [0.15, 0.2) is 0 Å². The number of ether oxygens (including phenoxy) is 1. The number of hydroxylamine groups is 2. The van der Waals surface area contributed by atoms with Crippen molar-refractivity contribution in [3.8, 4) is 0 Å². The van der Waals surface area contributed by atoms with Crippen molar-refractivity contribution in [3.05, 3.63) is 30.1 Å². The molecule has 4 rings (SSSR count). The summed E-state index contributed by atoms with van der Waals surface area (Å²) in [5, 5.41) is 1.56. The molecular weight excluding hydrogens is 294 g/mol. The van der Waals surface area contributed by atoms with E-state index in [2.05, 4.69) is 22.0 Å². The van der Waals surface area contributed by atoms with Gasteiger partial charge in [0.25, 0.3) is 5.91 Å². The van der Waals surface area contributed by atoms with Crippen molar-refractivity contribution in [2.24, 2.45) is 17.8 Å². The number of rotatable bonds is 3. The number of amides is 1. The van der Waals surface area contributed by atoms with Crippen LogP contribution in [0.1, 0.15) is 12.0 Å². The smallest absolute Gasteiger partial charge is 0.251 e. The molecule has 3 saturated heterocycles. The van der Waals surface area contributed by atoms with Gasteiger partial charge < -0.3 is 4.74 Å². The van der Waals surface area contributed by atoms with Gasteiger partial charge in [-0.15, -0.1) is 0 Å². The van der Waals surface area contributed by atoms with Gasteiger partial charge in [-0.25, -0.2) is 5.06 Å². The summed E-state index contributed by atoms with van der Waals surface area (Å²) < 4.78 is 5.74. The molecular formula is C17H23N3O3. The number of fused-ring (bicyclic) bond motifs is 1. The number of aromatic nitrogens is 1. The van der Waals surface area contributed by atoms with Crippen LogP contribution in [0.25, 0.3) is 0 Å². The molecule has 0 aliphatic carbocycles. The minimum absolute atomic E-state index is 0.0608. The second-order valence-electron chi connectivity index (χ2n) is 6.74. The Morgan fingerprint density at radius 3 is 2.91 bits per heavy atom. The van der Waals surface area contributed by atoms with Crippen molar-refractivity contribution >= 4 is 5.91 Å². The fraction of sp³-hybridized carbons (Fsp3) is 0.647. The SMILES string of the molecule is O=C([C@@H]1COC[C@H]2CN(Cc3ccncc3)C[C@H]21)N1CCCO1. The summed E-state index contributed by atoms with van der Waals surface area (Å²) >= 11 is 0. The first-order valence-electron chi connectivity index (χ1n) is 8.44. The number of hydrogen-bond donors (Lipinski definition) is 0. The lowest BCUT2D eigenvalue weighted by Crippen LogP contribution is -2.45. The second-order valence-corrected chi connectivity index (χ2v) is 6.74. The van der Waals surface area contributed by atoms with Crippen LogP contribution in [-0.4, -0.2) is 60.3 Å². The van der Waals surface area contributed by atoms with Crippen LogP contribution in [-0.2, 0) is 20.9 Å². The minimum atomic E-state index is -0.0608. The minimum Gasteiger partial charge on any atom is -0.380 e. The van der Waals surface area contributed by atoms with Crippen LogP contribution in [0.3, 0.4) is 0 Å². The van der Waals surface area contributed by atoms with Crippen LogP contribution in [0.4, 0.5) is 0 Å². The summed E-state index contributed by atoms with van der Waals surface area (Å²) in [6.45, 7) is 5.54. The van der Waals surface area contributed by atoms with Crippen molar-refractivity contribution < 1.29 is 14.4 Å². The standard InChI is InChI=1S/C17H23N3O3/c21-17(20-6-1-7-23-20)16-12-22-11-14-9-19(10-15(14)16)8-13-2-4-18-5-3-13/h2-5,14-16H,1,6-12H2/t14-,15-,16-/m1/s1. The van der Waals surface area contributed by atoms with E-state index in [1.54, 1.807) is 5.06 Å². The maximum absolute atomic E-state index is 12.7. The highest BCUT2D eigenvalue weighted by Crippen LogP contribution is 2.36. The van der Waals surface area contributed by atoms with Gasteiger partial charge in [-0.1, -0.05) is 0 Å². The Hall–Kier alpha value is -1.50. The molecule has 3 aliphatic heterocycles. The molecule has 124 valence electrons. The predicted octanol–water partition coefficient (Wildman–Crippen LogP) is 0.940. The Bertz CT molecular complexity index is 547. The number of likely N-dealkylation sites (tertiary alicyclic amines) is 1. The largest absolute Gasteiger partial charge is 0.380 e. The van der Waals surface area contributed by atoms with Crippen molar-refractivity contribution in [1.29, 1.82) is 0 Å². The topological polar surface area (TPSA) is 54.9 Å². The summed E-state index contributed by atoms with van der Waals surface area (Å²) in [5.74, 6) is 0.877. The quantitative estimate of drug-likeness (QED) is 0.830. The number of carbonyl (C=O) groups excluding carboxylic acids is 1. The number of hydrogen-bond acceptors (Lipinski definition) is 5. The highest BCUT2D eigenvalue weighted by Gasteiger charge is 2.45. The fourth-order valence-electron chi connectivity index (χ4n) is 4.03. The first-order valence-corrected chi connectivity index (χ1v) is 8.44. The molecule has 0 N–H and O–H groups in total. The van der Waals surface area contributed by atoms with Crippen LogP contribution in [0.5, 0.6) is 0 Å². The zero-order valence-corrected chi connectivity index (χ0v) is 13.3. The second kappa shape index (κ2) is 6.55. The highest BCUT2D eigenvalue weighted by atomic mass is 16.7. The number of carbonyl (C=O) groups is 1. The molecule has 1 amide bonds. The van der Waals surface area contributed by atoms with E-state index in [1.807, 2.05) is 12.4 Å². The van der Waals surface area contributed by atoms with Crippen LogP contribution in [0, 0.1) is 17.8 Å². The molecule has 0 unspecified atom stereocenters. The third kappa shape index (κ3) is 3.11. The third-order valence-electron chi connectivity index (χ3n) is 5.18. The highest BCUT2D eigenvalue weighted by molar-refractivity contribution is 5.78. The molecule has 0 radical (unpaired) electrons. The van der Waals surface area contributed by atoms with E-state index >= 15 is 0 Å². The van der Waals surface area contributed by atoms with Gasteiger partial charge in [-0.2, -0.15) is 0 Å². The van der Waals surface area contributed by atoms with E-state index in [0.29, 0.717) is 31.6 Å². The zero-order chi connectivity index (χ0) is 15.6. The summed E-state index contributed by atoms with van der Waals surface area (Å²) in [4.78, 5) is 24.7. The van der Waals surface area contributed by atoms with Crippen LogP contribution >= 0.6 is 0 Å². The molecule has 3 fully saturated rings. The summed E-state index contributed by atoms with van der Waals surface area (Å²) in [6, 6.07) is 4.11. The Labute approximate surface area is 136 Å². The van der Waals surface area contributed by atoms with E-state index in [0.717, 1.165) is 32.7 Å². The van der Waals surface area contributed by atoms with Gasteiger partial charge in [0.05, 0.1) is 32.3 Å². The van der Waals surface area contributed by atoms with Gasteiger partial charge >= 0.3 is 0 Å². The summed E-state index contributed by atoms with van der Waals surface area (Å²) in [6.07, 6.45) is 4.60. The lowest BCUT2D eigenvalue weighted by atomic mass is 9.82. The van der Waals surface area contributed by atoms with E-state index < -0.39 is 0 Å². The zero-order valence-electron chi connectivity index (χ0n) is 13.3. The predicted molar refractivity (Wildman–Crippen MR) is 83.1 cm³/mol. The third-order valence-corrected chi connectivity index (χ3v) is 5.18. The van der Waals surface area contributed by atoms with Gasteiger partial charge in [0, 0.05) is 32.0 Å². The molecule has 6 heteroatoms. The average molecular weight is 317 g/mol. The summed E-state index contributed by atoms with van der Waals surface area (Å²) in [7, 11) is 0. The Balaban J connectivity index is 1.42. The molecule has 1 aromatic heterocycles. The van der Waals surface area contributed by atoms with Crippen LogP contribution < -0.4 is 0 Å². The Morgan fingerprint density at radius 2 is 2.13 bits per heavy atom. The fourth-order valence-corrected chi connectivity index (χ4v) is 4.03. The maximum atomic E-state index is 12.7. The normalized spacial score (nSPS) is 31.3. The molecule has 4 heterocycles. The average Bonchev–Trinajstić information content (AvgIpc) is 3.24. The molecule has 0 aromatic carbocycles. The molecule has 3 atom stereocenters. The Kier molecular flexibility index (Phi) is 4.29. The summed E-state index contributed by atoms with van der Waals surface area (Å²) in [5.41, 5.74) is 1.27. The van der Waals surface area contributed by atoms with E-state index in [-0.39, 0.29) is 11.8 Å². The molecule has 0 spiro atoms. The molecule has 0 bridgehead atoms. The van der Waals surface area contributed by atoms with Gasteiger partial charge in [0.1, 0.15) is 0 Å². The van der Waals surface area contributed by atoms with Crippen molar-refractivity contribution in [2.75, 3.05) is 39.5 Å². The lowest BCUT2D eigenvalue weighted by Gasteiger charge is -2.33. The van der Waals surface area contributed by atoms with E-state index in [4.69, 9.17) is 9.57 Å². The van der Waals surface area contributed by atoms with Crippen molar-refractivity contribution in [2.45, 2.75) is 13.0 Å². The lowest BCUT2D eigenvalue weighted by molar-refractivity contribution is -0.181.